The number of hydrogen-bond acceptors (Lipinski definition) is 5. The highest BCUT2D eigenvalue weighted by atomic mass is 35.5. The Hall–Kier alpha value is -1.44. The molecule has 118 valence electrons. The lowest BCUT2D eigenvalue weighted by molar-refractivity contribution is 0.216. The maximum absolute atomic E-state index is 12.4. The van der Waals surface area contributed by atoms with Gasteiger partial charge < -0.3 is 4.52 Å². The molecule has 0 saturated carbocycles. The first kappa shape index (κ1) is 15.5. The molecule has 1 fully saturated rings. The number of aromatic nitrogens is 2. The van der Waals surface area contributed by atoms with Gasteiger partial charge in [0.15, 0.2) is 5.82 Å². The first-order chi connectivity index (χ1) is 10.4. The second-order valence-corrected chi connectivity index (χ2v) is 7.99. The van der Waals surface area contributed by atoms with Crippen molar-refractivity contribution in [1.82, 2.24) is 14.4 Å². The molecule has 2 aromatic rings. The van der Waals surface area contributed by atoms with Crippen LogP contribution < -0.4 is 0 Å². The van der Waals surface area contributed by atoms with Crippen molar-refractivity contribution >= 4 is 21.6 Å². The third-order valence-corrected chi connectivity index (χ3v) is 5.72. The number of benzene rings is 1. The maximum atomic E-state index is 12.4. The van der Waals surface area contributed by atoms with Crippen molar-refractivity contribution in [3.63, 3.8) is 0 Å². The van der Waals surface area contributed by atoms with Gasteiger partial charge in [0.2, 0.25) is 15.9 Å². The Labute approximate surface area is 134 Å². The van der Waals surface area contributed by atoms with Crippen molar-refractivity contribution in [3.8, 4) is 0 Å². The van der Waals surface area contributed by atoms with Crippen molar-refractivity contribution in [3.05, 3.63) is 41.0 Å². The molecule has 0 atom stereocenters. The zero-order valence-corrected chi connectivity index (χ0v) is 13.8. The quantitative estimate of drug-likeness (QED) is 0.854. The number of sulfonamides is 1. The van der Waals surface area contributed by atoms with Gasteiger partial charge in [0.05, 0.1) is 10.8 Å². The van der Waals surface area contributed by atoms with Gasteiger partial charge in [-0.05, 0) is 24.3 Å². The van der Waals surface area contributed by atoms with E-state index < -0.39 is 10.0 Å². The standard InChI is InChI=1S/C14H16ClN3O3S/c1-9(2)13-16-14(21-17-13)10-7-18(8-10)22(19,20)12-5-3-11(15)4-6-12/h3-6,9-10H,7-8H2,1-2H3. The molecule has 0 N–H and O–H groups in total. The smallest absolute Gasteiger partial charge is 0.243 e. The van der Waals surface area contributed by atoms with E-state index in [0.29, 0.717) is 29.8 Å². The summed E-state index contributed by atoms with van der Waals surface area (Å²) in [4.78, 5) is 4.56. The number of rotatable bonds is 4. The van der Waals surface area contributed by atoms with Crippen LogP contribution in [0.25, 0.3) is 0 Å². The average molecular weight is 342 g/mol. The summed E-state index contributed by atoms with van der Waals surface area (Å²) in [7, 11) is -3.48. The molecule has 1 saturated heterocycles. The largest absolute Gasteiger partial charge is 0.339 e. The minimum atomic E-state index is -3.48. The summed E-state index contributed by atoms with van der Waals surface area (Å²) in [5.41, 5.74) is 0. The maximum Gasteiger partial charge on any atom is 0.243 e. The lowest BCUT2D eigenvalue weighted by Crippen LogP contribution is -2.48. The Kier molecular flexibility index (Phi) is 3.96. The van der Waals surface area contributed by atoms with Crippen LogP contribution in [0.1, 0.15) is 37.4 Å². The number of hydrogen-bond donors (Lipinski definition) is 0. The van der Waals surface area contributed by atoms with Gasteiger partial charge in [-0.1, -0.05) is 30.6 Å². The van der Waals surface area contributed by atoms with Gasteiger partial charge in [-0.3, -0.25) is 0 Å². The molecule has 6 nitrogen and oxygen atoms in total. The van der Waals surface area contributed by atoms with Crippen LogP contribution in [0.4, 0.5) is 0 Å². The molecule has 2 heterocycles. The SMILES string of the molecule is CC(C)c1noc(C2CN(S(=O)(=O)c3ccc(Cl)cc3)C2)n1. The first-order valence-electron chi connectivity index (χ1n) is 6.97. The van der Waals surface area contributed by atoms with Crippen LogP contribution >= 0.6 is 11.6 Å². The minimum absolute atomic E-state index is 0.0397. The topological polar surface area (TPSA) is 76.3 Å². The van der Waals surface area contributed by atoms with E-state index in [1.165, 1.54) is 16.4 Å². The van der Waals surface area contributed by atoms with Crippen LogP contribution in [0.5, 0.6) is 0 Å². The zero-order valence-electron chi connectivity index (χ0n) is 12.2. The molecule has 0 amide bonds. The molecule has 22 heavy (non-hydrogen) atoms. The lowest BCUT2D eigenvalue weighted by Gasteiger charge is -2.35. The van der Waals surface area contributed by atoms with Crippen LogP contribution in [0, 0.1) is 0 Å². The minimum Gasteiger partial charge on any atom is -0.339 e. The fourth-order valence-corrected chi connectivity index (χ4v) is 3.85. The highest BCUT2D eigenvalue weighted by molar-refractivity contribution is 7.89. The predicted octanol–water partition coefficient (Wildman–Crippen LogP) is 2.63. The third kappa shape index (κ3) is 2.76. The third-order valence-electron chi connectivity index (χ3n) is 3.62. The van der Waals surface area contributed by atoms with Gasteiger partial charge >= 0.3 is 0 Å². The number of nitrogens with zero attached hydrogens (tertiary/aromatic N) is 3. The molecular formula is C14H16ClN3O3S. The van der Waals surface area contributed by atoms with E-state index in [1.807, 2.05) is 13.8 Å². The van der Waals surface area contributed by atoms with Crippen LogP contribution in [0.3, 0.4) is 0 Å². The first-order valence-corrected chi connectivity index (χ1v) is 8.79. The Balaban J connectivity index is 1.70. The Bertz CT molecular complexity index is 765. The van der Waals surface area contributed by atoms with Gasteiger partial charge in [0.1, 0.15) is 0 Å². The predicted molar refractivity (Wildman–Crippen MR) is 81.3 cm³/mol. The van der Waals surface area contributed by atoms with E-state index in [2.05, 4.69) is 10.1 Å². The summed E-state index contributed by atoms with van der Waals surface area (Å²) in [5.74, 6) is 1.30. The fourth-order valence-electron chi connectivity index (χ4n) is 2.19. The van der Waals surface area contributed by atoms with Crippen LogP contribution in [-0.4, -0.2) is 36.0 Å². The Morgan fingerprint density at radius 2 is 1.91 bits per heavy atom. The molecule has 1 aromatic heterocycles. The lowest BCUT2D eigenvalue weighted by atomic mass is 10.0. The van der Waals surface area contributed by atoms with Gasteiger partial charge in [-0.15, -0.1) is 0 Å². The van der Waals surface area contributed by atoms with Gasteiger partial charge in [0, 0.05) is 24.0 Å². The van der Waals surface area contributed by atoms with E-state index in [-0.39, 0.29) is 16.7 Å². The highest BCUT2D eigenvalue weighted by Gasteiger charge is 2.40. The molecule has 0 bridgehead atoms. The van der Waals surface area contributed by atoms with Gasteiger partial charge in [0.25, 0.3) is 0 Å². The van der Waals surface area contributed by atoms with Gasteiger partial charge in [-0.2, -0.15) is 9.29 Å². The summed E-state index contributed by atoms with van der Waals surface area (Å²) >= 11 is 5.78. The second kappa shape index (κ2) is 5.64. The highest BCUT2D eigenvalue weighted by Crippen LogP contribution is 2.31. The Morgan fingerprint density at radius 1 is 1.27 bits per heavy atom. The second-order valence-electron chi connectivity index (χ2n) is 5.62. The van der Waals surface area contributed by atoms with E-state index >= 15 is 0 Å². The van der Waals surface area contributed by atoms with Crippen LogP contribution in [-0.2, 0) is 10.0 Å². The monoisotopic (exact) mass is 341 g/mol. The molecule has 0 spiro atoms. The molecule has 8 heteroatoms. The summed E-state index contributed by atoms with van der Waals surface area (Å²) in [5, 5.41) is 4.41. The van der Waals surface area contributed by atoms with Gasteiger partial charge in [-0.25, -0.2) is 8.42 Å². The molecule has 1 aromatic carbocycles. The average Bonchev–Trinajstić information content (AvgIpc) is 2.86. The van der Waals surface area contributed by atoms with Crippen LogP contribution in [0.2, 0.25) is 5.02 Å². The zero-order chi connectivity index (χ0) is 15.9. The van der Waals surface area contributed by atoms with Crippen molar-refractivity contribution in [2.75, 3.05) is 13.1 Å². The summed E-state index contributed by atoms with van der Waals surface area (Å²) in [6, 6.07) is 6.15. The molecule has 0 radical (unpaired) electrons. The fraction of sp³-hybridized carbons (Fsp3) is 0.429. The molecule has 3 rings (SSSR count). The van der Waals surface area contributed by atoms with E-state index in [0.717, 1.165) is 0 Å². The van der Waals surface area contributed by atoms with Crippen molar-refractivity contribution in [2.24, 2.45) is 0 Å². The summed E-state index contributed by atoms with van der Waals surface area (Å²) < 4.78 is 31.5. The van der Waals surface area contributed by atoms with Crippen molar-refractivity contribution in [1.29, 1.82) is 0 Å². The molecule has 0 unspecified atom stereocenters. The molecular weight excluding hydrogens is 326 g/mol. The summed E-state index contributed by atoms with van der Waals surface area (Å²) in [6.45, 7) is 4.66. The van der Waals surface area contributed by atoms with E-state index in [4.69, 9.17) is 16.1 Å². The molecule has 1 aliphatic heterocycles. The number of halogens is 1. The Morgan fingerprint density at radius 3 is 2.45 bits per heavy atom. The molecule has 0 aliphatic carbocycles. The van der Waals surface area contributed by atoms with E-state index in [9.17, 15) is 8.42 Å². The van der Waals surface area contributed by atoms with Crippen molar-refractivity contribution < 1.29 is 12.9 Å². The van der Waals surface area contributed by atoms with E-state index in [1.54, 1.807) is 12.1 Å². The normalized spacial score (nSPS) is 16.9. The molecule has 1 aliphatic rings. The van der Waals surface area contributed by atoms with Crippen LogP contribution in [0.15, 0.2) is 33.7 Å². The summed E-state index contributed by atoms with van der Waals surface area (Å²) in [6.07, 6.45) is 0. The van der Waals surface area contributed by atoms with Crippen molar-refractivity contribution in [2.45, 2.75) is 30.6 Å².